The molecule has 0 radical (unpaired) electrons. The van der Waals surface area contributed by atoms with Gasteiger partial charge in [-0.05, 0) is 62.7 Å². The predicted octanol–water partition coefficient (Wildman–Crippen LogP) is 2.72. The first-order valence-corrected chi connectivity index (χ1v) is 10.1. The van der Waals surface area contributed by atoms with Crippen LogP contribution in [0.5, 0.6) is 0 Å². The fourth-order valence-corrected chi connectivity index (χ4v) is 5.08. The topological polar surface area (TPSA) is 63.1 Å². The van der Waals surface area contributed by atoms with Gasteiger partial charge in [-0.1, -0.05) is 12.1 Å². The summed E-state index contributed by atoms with van der Waals surface area (Å²) >= 11 is 1.80. The molecule has 25 heavy (non-hydrogen) atoms. The molecule has 1 atom stereocenters. The molecule has 1 fully saturated rings. The lowest BCUT2D eigenvalue weighted by Gasteiger charge is -2.35. The molecule has 4 heterocycles. The van der Waals surface area contributed by atoms with Crippen LogP contribution in [0.3, 0.4) is 0 Å². The van der Waals surface area contributed by atoms with Gasteiger partial charge in [-0.2, -0.15) is 0 Å². The first kappa shape index (κ1) is 16.7. The van der Waals surface area contributed by atoms with Crippen LogP contribution in [-0.4, -0.2) is 45.4 Å². The maximum absolute atomic E-state index is 13.2. The Labute approximate surface area is 152 Å². The highest BCUT2D eigenvalue weighted by molar-refractivity contribution is 7.10. The van der Waals surface area contributed by atoms with Gasteiger partial charge < -0.3 is 10.2 Å². The molecule has 2 aliphatic rings. The number of hydrogen-bond donors (Lipinski definition) is 1. The number of aromatic nitrogens is 3. The highest BCUT2D eigenvalue weighted by Gasteiger charge is 2.33. The number of carbonyl (C=O) groups excluding carboxylic acids is 1. The molecule has 1 N–H and O–H groups in total. The van der Waals surface area contributed by atoms with Crippen molar-refractivity contribution in [2.45, 2.75) is 51.6 Å². The number of amides is 1. The molecule has 2 aromatic rings. The van der Waals surface area contributed by atoms with Gasteiger partial charge in [-0.25, -0.2) is 4.68 Å². The summed E-state index contributed by atoms with van der Waals surface area (Å²) in [6, 6.07) is 2.68. The smallest absolute Gasteiger partial charge is 0.276 e. The third kappa shape index (κ3) is 2.89. The van der Waals surface area contributed by atoms with Crippen molar-refractivity contribution in [1.29, 1.82) is 0 Å². The van der Waals surface area contributed by atoms with E-state index in [1.807, 2.05) is 16.5 Å². The zero-order valence-corrected chi connectivity index (χ0v) is 15.7. The highest BCUT2D eigenvalue weighted by Crippen LogP contribution is 2.36. The van der Waals surface area contributed by atoms with E-state index in [2.05, 4.69) is 34.0 Å². The van der Waals surface area contributed by atoms with Gasteiger partial charge in [0.15, 0.2) is 5.69 Å². The van der Waals surface area contributed by atoms with Gasteiger partial charge in [0.1, 0.15) is 0 Å². The summed E-state index contributed by atoms with van der Waals surface area (Å²) in [7, 11) is 0. The molecule has 0 aromatic carbocycles. The van der Waals surface area contributed by atoms with Crippen molar-refractivity contribution >= 4 is 17.2 Å². The fourth-order valence-electron chi connectivity index (χ4n) is 4.15. The summed E-state index contributed by atoms with van der Waals surface area (Å²) in [4.78, 5) is 16.6. The van der Waals surface area contributed by atoms with Crippen LogP contribution in [-0.2, 0) is 6.42 Å². The number of piperidine rings is 1. The summed E-state index contributed by atoms with van der Waals surface area (Å²) in [5, 5.41) is 14.1. The van der Waals surface area contributed by atoms with Crippen LogP contribution in [0.15, 0.2) is 11.4 Å². The van der Waals surface area contributed by atoms with Crippen molar-refractivity contribution in [3.05, 3.63) is 33.3 Å². The average molecular weight is 359 g/mol. The van der Waals surface area contributed by atoms with E-state index in [0.717, 1.165) is 51.0 Å². The molecule has 1 saturated heterocycles. The van der Waals surface area contributed by atoms with Gasteiger partial charge in [-0.3, -0.25) is 4.79 Å². The first-order valence-electron chi connectivity index (χ1n) is 9.20. The number of thiophene rings is 1. The van der Waals surface area contributed by atoms with Crippen LogP contribution in [0, 0.1) is 6.92 Å². The lowest BCUT2D eigenvalue weighted by molar-refractivity contribution is 0.0650. The monoisotopic (exact) mass is 359 g/mol. The predicted molar refractivity (Wildman–Crippen MR) is 98.0 cm³/mol. The Balaban J connectivity index is 1.60. The third-order valence-corrected chi connectivity index (χ3v) is 6.52. The van der Waals surface area contributed by atoms with Crippen LogP contribution in [0.25, 0.3) is 0 Å². The van der Waals surface area contributed by atoms with E-state index in [1.54, 1.807) is 11.3 Å². The molecule has 6 nitrogen and oxygen atoms in total. The number of fused-ring (bicyclic) bond motifs is 1. The molecule has 0 bridgehead atoms. The lowest BCUT2D eigenvalue weighted by Crippen LogP contribution is -2.39. The van der Waals surface area contributed by atoms with E-state index in [1.165, 1.54) is 10.4 Å². The summed E-state index contributed by atoms with van der Waals surface area (Å²) in [6.07, 6.45) is 3.95. The van der Waals surface area contributed by atoms with E-state index < -0.39 is 0 Å². The Morgan fingerprint density at radius 1 is 1.40 bits per heavy atom. The van der Waals surface area contributed by atoms with Crippen LogP contribution in [0.4, 0.5) is 0 Å². The van der Waals surface area contributed by atoms with Crippen LogP contribution in [0.1, 0.15) is 64.9 Å². The van der Waals surface area contributed by atoms with Gasteiger partial charge in [-0.15, -0.1) is 16.4 Å². The maximum Gasteiger partial charge on any atom is 0.276 e. The third-order valence-electron chi connectivity index (χ3n) is 5.53. The second kappa shape index (κ2) is 6.88. The molecule has 2 aromatic heterocycles. The molecule has 1 unspecified atom stereocenters. The van der Waals surface area contributed by atoms with Crippen LogP contribution in [0.2, 0.25) is 0 Å². The summed E-state index contributed by atoms with van der Waals surface area (Å²) in [5.74, 6) is 0.0291. The molecule has 0 saturated carbocycles. The van der Waals surface area contributed by atoms with Crippen molar-refractivity contribution in [2.75, 3.05) is 19.6 Å². The van der Waals surface area contributed by atoms with E-state index in [-0.39, 0.29) is 11.9 Å². The Morgan fingerprint density at radius 2 is 2.20 bits per heavy atom. The largest absolute Gasteiger partial charge is 0.330 e. The molecule has 0 spiro atoms. The first-order chi connectivity index (χ1) is 12.2. The van der Waals surface area contributed by atoms with Crippen molar-refractivity contribution in [3.63, 3.8) is 0 Å². The van der Waals surface area contributed by atoms with E-state index in [0.29, 0.717) is 11.7 Å². The van der Waals surface area contributed by atoms with Crippen LogP contribution < -0.4 is 5.32 Å². The van der Waals surface area contributed by atoms with E-state index >= 15 is 0 Å². The van der Waals surface area contributed by atoms with Gasteiger partial charge in [0, 0.05) is 11.4 Å². The molecule has 1 amide bonds. The molecular weight excluding hydrogens is 334 g/mol. The second-order valence-electron chi connectivity index (χ2n) is 6.92. The molecule has 0 aliphatic carbocycles. The quantitative estimate of drug-likeness (QED) is 0.915. The number of nitrogens with zero attached hydrogens (tertiary/aromatic N) is 4. The zero-order valence-electron chi connectivity index (χ0n) is 14.9. The van der Waals surface area contributed by atoms with E-state index in [4.69, 9.17) is 0 Å². The Morgan fingerprint density at radius 3 is 2.96 bits per heavy atom. The number of carbonyl (C=O) groups is 1. The summed E-state index contributed by atoms with van der Waals surface area (Å²) in [5.41, 5.74) is 2.74. The minimum Gasteiger partial charge on any atom is -0.330 e. The van der Waals surface area contributed by atoms with Gasteiger partial charge >= 0.3 is 0 Å². The molecule has 2 aliphatic heterocycles. The molecule has 134 valence electrons. The summed E-state index contributed by atoms with van der Waals surface area (Å²) in [6.45, 7) is 6.90. The molecular formula is C18H25N5OS. The standard InChI is InChI=1S/C18H25N5OS/c1-3-15-14-7-11-25-16(14)6-10-22(15)18(24)17-12(2)23(21-20-17)13-4-8-19-9-5-13/h7,11,13,15,19H,3-6,8-10H2,1-2H3. The van der Waals surface area contributed by atoms with Crippen molar-refractivity contribution in [2.24, 2.45) is 0 Å². The van der Waals surface area contributed by atoms with Gasteiger partial charge in [0.25, 0.3) is 5.91 Å². The molecule has 7 heteroatoms. The lowest BCUT2D eigenvalue weighted by atomic mass is 9.97. The normalized spacial score (nSPS) is 21.4. The van der Waals surface area contributed by atoms with Crippen LogP contribution >= 0.6 is 11.3 Å². The average Bonchev–Trinajstić information content (AvgIpc) is 3.27. The van der Waals surface area contributed by atoms with Crippen molar-refractivity contribution in [3.8, 4) is 0 Å². The minimum atomic E-state index is 0.0291. The number of hydrogen-bond acceptors (Lipinski definition) is 5. The van der Waals surface area contributed by atoms with E-state index in [9.17, 15) is 4.79 Å². The molecule has 4 rings (SSSR count). The second-order valence-corrected chi connectivity index (χ2v) is 7.92. The highest BCUT2D eigenvalue weighted by atomic mass is 32.1. The maximum atomic E-state index is 13.2. The van der Waals surface area contributed by atoms with Gasteiger partial charge in [0.2, 0.25) is 0 Å². The number of nitrogens with one attached hydrogen (secondary N) is 1. The van der Waals surface area contributed by atoms with Crippen molar-refractivity contribution in [1.82, 2.24) is 25.2 Å². The Bertz CT molecular complexity index is 761. The minimum absolute atomic E-state index is 0.0291. The summed E-state index contributed by atoms with van der Waals surface area (Å²) < 4.78 is 1.97. The number of rotatable bonds is 3. The zero-order chi connectivity index (χ0) is 17.4. The van der Waals surface area contributed by atoms with Crippen molar-refractivity contribution < 1.29 is 4.79 Å². The van der Waals surface area contributed by atoms with Gasteiger partial charge in [0.05, 0.1) is 17.8 Å². The fraction of sp³-hybridized carbons (Fsp3) is 0.611. The Kier molecular flexibility index (Phi) is 4.60. The SMILES string of the molecule is CCC1c2ccsc2CCN1C(=O)c1nnn(C2CCNCC2)c1C. The Hall–Kier alpha value is -1.73.